The van der Waals surface area contributed by atoms with Gasteiger partial charge in [-0.25, -0.2) is 0 Å². The van der Waals surface area contributed by atoms with Gasteiger partial charge in [-0.1, -0.05) is 30.0 Å². The molecule has 2 aromatic rings. The Bertz CT molecular complexity index is 728. The van der Waals surface area contributed by atoms with E-state index in [1.165, 1.54) is 17.8 Å². The normalized spacial score (nSPS) is 13.8. The monoisotopic (exact) mass is 352 g/mol. The fourth-order valence-corrected chi connectivity index (χ4v) is 4.09. The Balaban J connectivity index is 2.03. The largest absolute Gasteiger partial charge is 0.417 e. The molecule has 0 N–H and O–H groups in total. The van der Waals surface area contributed by atoms with Gasteiger partial charge in [-0.05, 0) is 51.3 Å². The zero-order valence-electron chi connectivity index (χ0n) is 13.6. The molecule has 1 aliphatic heterocycles. The summed E-state index contributed by atoms with van der Waals surface area (Å²) in [5.74, 6) is 0. The summed E-state index contributed by atoms with van der Waals surface area (Å²) in [6, 6.07) is 12.1. The van der Waals surface area contributed by atoms with Crippen LogP contribution in [0.15, 0.2) is 52.3 Å². The summed E-state index contributed by atoms with van der Waals surface area (Å²) in [6.07, 6.45) is -3.47. The standard InChI is InChI=1S/C18H19F3N2S/c1-22(2)11-6-12-23-14-8-3-4-10-16(14)24-17-13(18(19,20)21)7-5-9-15(17)23/h3-5,7-10H,6,11-12H2,1-2H3. The van der Waals surface area contributed by atoms with Gasteiger partial charge in [0.15, 0.2) is 0 Å². The van der Waals surface area contributed by atoms with Crippen LogP contribution >= 0.6 is 11.8 Å². The van der Waals surface area contributed by atoms with Crippen LogP contribution in [0, 0.1) is 0 Å². The topological polar surface area (TPSA) is 6.48 Å². The summed E-state index contributed by atoms with van der Waals surface area (Å²) in [5.41, 5.74) is 1.07. The van der Waals surface area contributed by atoms with Crippen molar-refractivity contribution in [2.75, 3.05) is 32.1 Å². The number of benzene rings is 2. The number of anilines is 2. The summed E-state index contributed by atoms with van der Waals surface area (Å²) in [6.45, 7) is 1.57. The van der Waals surface area contributed by atoms with Crippen LogP contribution in [0.3, 0.4) is 0 Å². The quantitative estimate of drug-likeness (QED) is 0.741. The summed E-state index contributed by atoms with van der Waals surface area (Å²) in [4.78, 5) is 5.26. The van der Waals surface area contributed by atoms with Gasteiger partial charge < -0.3 is 9.80 Å². The second kappa shape index (κ2) is 6.69. The second-order valence-electron chi connectivity index (χ2n) is 6.03. The maximum Gasteiger partial charge on any atom is 0.417 e. The highest BCUT2D eigenvalue weighted by Crippen LogP contribution is 2.52. The smallest absolute Gasteiger partial charge is 0.340 e. The van der Waals surface area contributed by atoms with Gasteiger partial charge >= 0.3 is 6.18 Å². The number of nitrogens with zero attached hydrogens (tertiary/aromatic N) is 2. The van der Waals surface area contributed by atoms with Gasteiger partial charge in [0, 0.05) is 16.3 Å². The SMILES string of the molecule is CN(C)CCCN1c2ccccc2Sc2c1cccc2C(F)(F)F. The van der Waals surface area contributed by atoms with Crippen molar-refractivity contribution < 1.29 is 13.2 Å². The average Bonchev–Trinajstić information content (AvgIpc) is 2.52. The average molecular weight is 352 g/mol. The van der Waals surface area contributed by atoms with E-state index < -0.39 is 11.7 Å². The molecule has 2 nitrogen and oxygen atoms in total. The molecule has 2 aromatic carbocycles. The number of para-hydroxylation sites is 1. The second-order valence-corrected chi connectivity index (χ2v) is 7.08. The number of hydrogen-bond acceptors (Lipinski definition) is 3. The first-order chi connectivity index (χ1) is 11.4. The molecule has 6 heteroatoms. The van der Waals surface area contributed by atoms with Crippen LogP contribution in [0.5, 0.6) is 0 Å². The molecule has 0 saturated heterocycles. The van der Waals surface area contributed by atoms with Crippen LogP contribution < -0.4 is 4.90 Å². The van der Waals surface area contributed by atoms with Crippen molar-refractivity contribution in [2.24, 2.45) is 0 Å². The van der Waals surface area contributed by atoms with Crippen molar-refractivity contribution in [1.82, 2.24) is 4.90 Å². The van der Waals surface area contributed by atoms with E-state index in [-0.39, 0.29) is 0 Å². The minimum atomic E-state index is -4.35. The number of rotatable bonds is 4. The summed E-state index contributed by atoms with van der Waals surface area (Å²) >= 11 is 1.21. The van der Waals surface area contributed by atoms with Crippen LogP contribution in [0.2, 0.25) is 0 Å². The minimum Gasteiger partial charge on any atom is -0.340 e. The highest BCUT2D eigenvalue weighted by Gasteiger charge is 2.37. The Morgan fingerprint density at radius 2 is 1.71 bits per heavy atom. The first-order valence-electron chi connectivity index (χ1n) is 7.77. The van der Waals surface area contributed by atoms with Gasteiger partial charge in [-0.15, -0.1) is 0 Å². The Hall–Kier alpha value is -1.66. The molecule has 128 valence electrons. The zero-order chi connectivity index (χ0) is 17.3. The molecule has 0 saturated carbocycles. The van der Waals surface area contributed by atoms with Gasteiger partial charge in [0.05, 0.1) is 16.9 Å². The molecule has 24 heavy (non-hydrogen) atoms. The first-order valence-corrected chi connectivity index (χ1v) is 8.59. The molecule has 0 bridgehead atoms. The molecule has 0 unspecified atom stereocenters. The predicted molar refractivity (Wildman–Crippen MR) is 92.2 cm³/mol. The lowest BCUT2D eigenvalue weighted by atomic mass is 10.1. The van der Waals surface area contributed by atoms with Crippen LogP contribution in [0.1, 0.15) is 12.0 Å². The lowest BCUT2D eigenvalue weighted by Gasteiger charge is -2.34. The number of alkyl halides is 3. The Labute approximate surface area is 144 Å². The van der Waals surface area contributed by atoms with Crippen molar-refractivity contribution >= 4 is 23.1 Å². The Morgan fingerprint density at radius 3 is 2.42 bits per heavy atom. The van der Waals surface area contributed by atoms with Crippen molar-refractivity contribution in [3.63, 3.8) is 0 Å². The molecule has 0 fully saturated rings. The lowest BCUT2D eigenvalue weighted by molar-refractivity contribution is -0.139. The number of halogens is 3. The third-order valence-electron chi connectivity index (χ3n) is 3.95. The molecule has 0 aliphatic carbocycles. The molecule has 3 rings (SSSR count). The third-order valence-corrected chi connectivity index (χ3v) is 5.14. The van der Waals surface area contributed by atoms with Crippen molar-refractivity contribution in [2.45, 2.75) is 22.4 Å². The van der Waals surface area contributed by atoms with E-state index in [2.05, 4.69) is 4.90 Å². The molecule has 0 aromatic heterocycles. The third kappa shape index (κ3) is 3.39. The molecule has 1 aliphatic rings. The van der Waals surface area contributed by atoms with Crippen molar-refractivity contribution in [1.29, 1.82) is 0 Å². The molecule has 0 spiro atoms. The van der Waals surface area contributed by atoms with E-state index >= 15 is 0 Å². The molecule has 0 amide bonds. The Kier molecular flexibility index (Phi) is 4.78. The Morgan fingerprint density at radius 1 is 1.00 bits per heavy atom. The molecular formula is C18H19F3N2S. The van der Waals surface area contributed by atoms with Crippen LogP contribution in [-0.4, -0.2) is 32.1 Å². The minimum absolute atomic E-state index is 0.300. The fourth-order valence-electron chi connectivity index (χ4n) is 2.86. The number of hydrogen-bond donors (Lipinski definition) is 0. The highest BCUT2D eigenvalue weighted by molar-refractivity contribution is 7.99. The van der Waals surface area contributed by atoms with Crippen LogP contribution in [0.25, 0.3) is 0 Å². The van der Waals surface area contributed by atoms with Gasteiger partial charge in [0.25, 0.3) is 0 Å². The lowest BCUT2D eigenvalue weighted by Crippen LogP contribution is -2.26. The van der Waals surface area contributed by atoms with E-state index in [0.717, 1.165) is 29.6 Å². The van der Waals surface area contributed by atoms with Gasteiger partial charge in [-0.2, -0.15) is 13.2 Å². The van der Waals surface area contributed by atoms with Crippen LogP contribution in [0.4, 0.5) is 24.5 Å². The van der Waals surface area contributed by atoms with Gasteiger partial charge in [0.2, 0.25) is 0 Å². The molecular weight excluding hydrogens is 333 g/mol. The van der Waals surface area contributed by atoms with E-state index in [9.17, 15) is 13.2 Å². The van der Waals surface area contributed by atoms with Crippen LogP contribution in [-0.2, 0) is 6.18 Å². The fraction of sp³-hybridized carbons (Fsp3) is 0.333. The van der Waals surface area contributed by atoms with E-state index in [4.69, 9.17) is 0 Å². The molecule has 0 radical (unpaired) electrons. The van der Waals surface area contributed by atoms with E-state index in [0.29, 0.717) is 17.1 Å². The van der Waals surface area contributed by atoms with E-state index in [1.807, 2.05) is 43.3 Å². The number of fused-ring (bicyclic) bond motifs is 2. The summed E-state index contributed by atoms with van der Waals surface area (Å²) in [7, 11) is 3.99. The van der Waals surface area contributed by atoms with E-state index in [1.54, 1.807) is 6.07 Å². The molecule has 1 heterocycles. The van der Waals surface area contributed by atoms with Gasteiger partial charge in [-0.3, -0.25) is 0 Å². The van der Waals surface area contributed by atoms with Gasteiger partial charge in [0.1, 0.15) is 0 Å². The van der Waals surface area contributed by atoms with Crippen molar-refractivity contribution in [3.8, 4) is 0 Å². The van der Waals surface area contributed by atoms with Crippen molar-refractivity contribution in [3.05, 3.63) is 48.0 Å². The zero-order valence-corrected chi connectivity index (χ0v) is 14.4. The summed E-state index contributed by atoms with van der Waals surface area (Å²) < 4.78 is 40.2. The highest BCUT2D eigenvalue weighted by atomic mass is 32.2. The predicted octanol–water partition coefficient (Wildman–Crippen LogP) is 5.26. The molecule has 0 atom stereocenters. The maximum absolute atomic E-state index is 13.4. The first kappa shape index (κ1) is 17.2. The maximum atomic E-state index is 13.4. The summed E-state index contributed by atoms with van der Waals surface area (Å²) in [5, 5.41) is 0.